The van der Waals surface area contributed by atoms with Crippen LogP contribution in [0.4, 0.5) is 4.39 Å². The summed E-state index contributed by atoms with van der Waals surface area (Å²) >= 11 is 5.74. The predicted octanol–water partition coefficient (Wildman–Crippen LogP) is 3.22. The zero-order chi connectivity index (χ0) is 19.1. The number of aliphatic hydroxyl groups is 1. The second-order valence-corrected chi connectivity index (χ2v) is 7.19. The molecule has 2 aliphatic rings. The van der Waals surface area contributed by atoms with E-state index in [9.17, 15) is 19.1 Å². The van der Waals surface area contributed by atoms with Crippen LogP contribution in [0, 0.1) is 5.82 Å². The molecule has 1 heterocycles. The number of carbonyl (C=O) groups excluding carboxylic acids is 2. The Morgan fingerprint density at radius 1 is 1.26 bits per heavy atom. The van der Waals surface area contributed by atoms with Gasteiger partial charge in [-0.15, -0.1) is 0 Å². The van der Waals surface area contributed by atoms with E-state index in [0.717, 1.165) is 24.5 Å². The minimum Gasteiger partial charge on any atom is -0.490 e. The van der Waals surface area contributed by atoms with Crippen molar-refractivity contribution >= 4 is 23.3 Å². The third-order valence-corrected chi connectivity index (χ3v) is 5.27. The van der Waals surface area contributed by atoms with Crippen molar-refractivity contribution in [1.29, 1.82) is 0 Å². The van der Waals surface area contributed by atoms with Gasteiger partial charge in [-0.1, -0.05) is 11.6 Å². The highest BCUT2D eigenvalue weighted by atomic mass is 35.5. The van der Waals surface area contributed by atoms with E-state index in [1.54, 1.807) is 6.07 Å². The van der Waals surface area contributed by atoms with Crippen LogP contribution in [0.5, 0.6) is 5.75 Å². The number of aryl methyl sites for hydroxylation is 1. The molecule has 1 aliphatic carbocycles. The van der Waals surface area contributed by atoms with E-state index in [2.05, 4.69) is 5.32 Å². The van der Waals surface area contributed by atoms with Crippen molar-refractivity contribution in [1.82, 2.24) is 5.32 Å². The normalized spacial score (nSPS) is 21.1. The first kappa shape index (κ1) is 17.9. The van der Waals surface area contributed by atoms with Crippen molar-refractivity contribution in [3.05, 3.63) is 63.4 Å². The van der Waals surface area contributed by atoms with Gasteiger partial charge in [-0.2, -0.15) is 0 Å². The smallest absolute Gasteiger partial charge is 0.251 e. The van der Waals surface area contributed by atoms with Crippen molar-refractivity contribution in [3.8, 4) is 5.75 Å². The summed E-state index contributed by atoms with van der Waals surface area (Å²) in [5.41, 5.74) is 2.28. The number of aliphatic hydroxyl groups excluding tert-OH is 1. The molecule has 140 valence electrons. The lowest BCUT2D eigenvalue weighted by Gasteiger charge is -2.32. The zero-order valence-electron chi connectivity index (χ0n) is 14.3. The fourth-order valence-corrected chi connectivity index (χ4v) is 3.74. The van der Waals surface area contributed by atoms with Crippen LogP contribution < -0.4 is 10.1 Å². The van der Waals surface area contributed by atoms with Crippen molar-refractivity contribution in [2.75, 3.05) is 6.61 Å². The van der Waals surface area contributed by atoms with Gasteiger partial charge in [-0.25, -0.2) is 4.39 Å². The van der Waals surface area contributed by atoms with Crippen LogP contribution in [0.2, 0.25) is 5.02 Å². The van der Waals surface area contributed by atoms with Crippen LogP contribution in [-0.2, 0) is 6.42 Å². The highest BCUT2D eigenvalue weighted by Gasteiger charge is 2.33. The Kier molecular flexibility index (Phi) is 4.61. The standard InChI is InChI=1S/C20H17ClFNO4/c21-14-6-11(4-5-15(14)22)20(26)23-19-13-8-12-10(2-1-3-16(12)24)7-18(13)27-9-17(19)25/h4-8,17,19,25H,1-3,9H2,(H,23,26). The third kappa shape index (κ3) is 3.31. The number of carbonyl (C=O) groups is 2. The zero-order valence-corrected chi connectivity index (χ0v) is 15.1. The average molecular weight is 390 g/mol. The Bertz CT molecular complexity index is 946. The molecule has 2 atom stereocenters. The van der Waals surface area contributed by atoms with E-state index in [1.807, 2.05) is 6.07 Å². The van der Waals surface area contributed by atoms with E-state index in [1.165, 1.54) is 12.1 Å². The summed E-state index contributed by atoms with van der Waals surface area (Å²) in [5, 5.41) is 13.0. The topological polar surface area (TPSA) is 75.6 Å². The number of hydrogen-bond donors (Lipinski definition) is 2. The van der Waals surface area contributed by atoms with Crippen LogP contribution >= 0.6 is 11.6 Å². The Morgan fingerprint density at radius 2 is 2.07 bits per heavy atom. The highest BCUT2D eigenvalue weighted by Crippen LogP contribution is 2.37. The quantitative estimate of drug-likeness (QED) is 0.827. The maximum absolute atomic E-state index is 13.3. The average Bonchev–Trinajstić information content (AvgIpc) is 2.65. The molecule has 0 spiro atoms. The van der Waals surface area contributed by atoms with Crippen molar-refractivity contribution in [3.63, 3.8) is 0 Å². The SMILES string of the molecule is O=C(NC1c2cc3c(cc2OCC1O)CCCC3=O)c1ccc(F)c(Cl)c1. The van der Waals surface area contributed by atoms with E-state index < -0.39 is 23.9 Å². The summed E-state index contributed by atoms with van der Waals surface area (Å²) in [6.45, 7) is 0.0227. The molecule has 0 fully saturated rings. The third-order valence-electron chi connectivity index (χ3n) is 4.98. The summed E-state index contributed by atoms with van der Waals surface area (Å²) < 4.78 is 18.9. The molecule has 1 aliphatic heterocycles. The number of ketones is 1. The second-order valence-electron chi connectivity index (χ2n) is 6.78. The Hall–Kier alpha value is -2.44. The summed E-state index contributed by atoms with van der Waals surface area (Å²) in [6, 6.07) is 6.44. The van der Waals surface area contributed by atoms with E-state index in [4.69, 9.17) is 16.3 Å². The number of rotatable bonds is 2. The summed E-state index contributed by atoms with van der Waals surface area (Å²) in [6.07, 6.45) is 1.11. The molecule has 2 N–H and O–H groups in total. The largest absolute Gasteiger partial charge is 0.490 e. The molecular formula is C20H17ClFNO4. The second kappa shape index (κ2) is 6.94. The van der Waals surface area contributed by atoms with Crippen molar-refractivity contribution < 1.29 is 23.8 Å². The number of Topliss-reactive ketones (excluding diaryl/α,β-unsaturated/α-hetero) is 1. The van der Waals surface area contributed by atoms with Crippen LogP contribution in [0.3, 0.4) is 0 Å². The maximum Gasteiger partial charge on any atom is 0.251 e. The first-order valence-electron chi connectivity index (χ1n) is 8.71. The van der Waals surface area contributed by atoms with Crippen LogP contribution in [0.1, 0.15) is 50.7 Å². The number of ether oxygens (including phenoxy) is 1. The number of fused-ring (bicyclic) bond motifs is 2. The lowest BCUT2D eigenvalue weighted by Crippen LogP contribution is -2.42. The fourth-order valence-electron chi connectivity index (χ4n) is 3.56. The number of hydrogen-bond acceptors (Lipinski definition) is 4. The highest BCUT2D eigenvalue weighted by molar-refractivity contribution is 6.31. The molecule has 2 aromatic carbocycles. The van der Waals surface area contributed by atoms with Gasteiger partial charge in [-0.3, -0.25) is 9.59 Å². The molecule has 2 aromatic rings. The first-order valence-corrected chi connectivity index (χ1v) is 9.08. The molecule has 0 aromatic heterocycles. The number of amides is 1. The maximum atomic E-state index is 13.3. The van der Waals surface area contributed by atoms with E-state index in [-0.39, 0.29) is 23.0 Å². The number of benzene rings is 2. The van der Waals surface area contributed by atoms with Gasteiger partial charge < -0.3 is 15.2 Å². The minimum atomic E-state index is -0.978. The van der Waals surface area contributed by atoms with Gasteiger partial charge >= 0.3 is 0 Å². The molecule has 0 radical (unpaired) electrons. The van der Waals surface area contributed by atoms with Gasteiger partial charge in [0.2, 0.25) is 0 Å². The van der Waals surface area contributed by atoms with Crippen LogP contribution in [-0.4, -0.2) is 29.5 Å². The minimum absolute atomic E-state index is 0.0227. The number of halogens is 2. The molecular weight excluding hydrogens is 373 g/mol. The molecule has 4 rings (SSSR count). The Morgan fingerprint density at radius 3 is 2.85 bits per heavy atom. The summed E-state index contributed by atoms with van der Waals surface area (Å²) in [5.74, 6) is -0.515. The molecule has 1 amide bonds. The molecule has 5 nitrogen and oxygen atoms in total. The molecule has 0 saturated heterocycles. The van der Waals surface area contributed by atoms with Crippen LogP contribution in [0.25, 0.3) is 0 Å². The molecule has 0 bridgehead atoms. The Labute approximate surface area is 160 Å². The lowest BCUT2D eigenvalue weighted by molar-refractivity contribution is 0.0500. The van der Waals surface area contributed by atoms with E-state index in [0.29, 0.717) is 23.3 Å². The van der Waals surface area contributed by atoms with E-state index >= 15 is 0 Å². The molecule has 2 unspecified atom stereocenters. The van der Waals surface area contributed by atoms with Gasteiger partial charge in [0, 0.05) is 23.1 Å². The predicted molar refractivity (Wildman–Crippen MR) is 96.8 cm³/mol. The van der Waals surface area contributed by atoms with Crippen LogP contribution in [0.15, 0.2) is 30.3 Å². The fraction of sp³-hybridized carbons (Fsp3) is 0.300. The molecule has 27 heavy (non-hydrogen) atoms. The van der Waals surface area contributed by atoms with Gasteiger partial charge in [0.1, 0.15) is 24.3 Å². The molecule has 0 saturated carbocycles. The monoisotopic (exact) mass is 389 g/mol. The first-order chi connectivity index (χ1) is 12.9. The lowest BCUT2D eigenvalue weighted by atomic mass is 9.86. The van der Waals surface area contributed by atoms with Gasteiger partial charge in [0.05, 0.1) is 11.1 Å². The Balaban J connectivity index is 1.67. The van der Waals surface area contributed by atoms with Crippen molar-refractivity contribution in [2.45, 2.75) is 31.4 Å². The number of nitrogens with one attached hydrogen (secondary N) is 1. The summed E-state index contributed by atoms with van der Waals surface area (Å²) in [7, 11) is 0. The van der Waals surface area contributed by atoms with Gasteiger partial charge in [0.25, 0.3) is 5.91 Å². The molecule has 7 heteroatoms. The van der Waals surface area contributed by atoms with Crippen molar-refractivity contribution in [2.24, 2.45) is 0 Å². The van der Waals surface area contributed by atoms with Gasteiger partial charge in [-0.05, 0) is 48.7 Å². The summed E-state index contributed by atoms with van der Waals surface area (Å²) in [4.78, 5) is 24.8. The van der Waals surface area contributed by atoms with Gasteiger partial charge in [0.15, 0.2) is 5.78 Å².